The Hall–Kier alpha value is -1.43. The van der Waals surface area contributed by atoms with Crippen molar-refractivity contribution in [1.82, 2.24) is 0 Å². The van der Waals surface area contributed by atoms with E-state index in [-0.39, 0.29) is 12.3 Å². The molecule has 1 fully saturated rings. The molecule has 1 saturated carbocycles. The van der Waals surface area contributed by atoms with Crippen molar-refractivity contribution in [2.75, 3.05) is 13.7 Å². The first kappa shape index (κ1) is 15.0. The molecule has 1 aliphatic carbocycles. The molecule has 0 radical (unpaired) electrons. The van der Waals surface area contributed by atoms with E-state index in [1.54, 1.807) is 0 Å². The van der Waals surface area contributed by atoms with Crippen LogP contribution in [0.3, 0.4) is 0 Å². The van der Waals surface area contributed by atoms with Gasteiger partial charge in [0.05, 0.1) is 7.11 Å². The predicted molar refractivity (Wildman–Crippen MR) is 68.9 cm³/mol. The number of phenols is 1. The van der Waals surface area contributed by atoms with Gasteiger partial charge < -0.3 is 15.6 Å². The van der Waals surface area contributed by atoms with E-state index in [0.29, 0.717) is 5.56 Å². The van der Waals surface area contributed by atoms with Crippen LogP contribution in [0.2, 0.25) is 0 Å². The minimum absolute atomic E-state index is 0.158. The SMILES string of the molecule is COc1cc(C2(CN)CCCC2)cc(C(F)(F)F)c1O. The van der Waals surface area contributed by atoms with Gasteiger partial charge in [0, 0.05) is 12.0 Å². The molecule has 0 atom stereocenters. The summed E-state index contributed by atoms with van der Waals surface area (Å²) in [6, 6.07) is 2.48. The largest absolute Gasteiger partial charge is 0.504 e. The van der Waals surface area contributed by atoms with E-state index in [0.717, 1.165) is 31.7 Å². The number of nitrogens with two attached hydrogens (primary N) is 1. The maximum Gasteiger partial charge on any atom is 0.420 e. The summed E-state index contributed by atoms with van der Waals surface area (Å²) in [5.41, 5.74) is 4.80. The molecule has 3 N–H and O–H groups in total. The molecule has 0 aromatic heterocycles. The summed E-state index contributed by atoms with van der Waals surface area (Å²) in [7, 11) is 1.24. The first-order valence-electron chi connectivity index (χ1n) is 6.53. The fraction of sp³-hybridized carbons (Fsp3) is 0.571. The standard InChI is InChI=1S/C14H18F3NO2/c1-20-11-7-9(13(8-18)4-2-3-5-13)6-10(12(11)19)14(15,16)17/h6-7,19H,2-5,8,18H2,1H3. The Kier molecular flexibility index (Phi) is 3.86. The quantitative estimate of drug-likeness (QED) is 0.898. The monoisotopic (exact) mass is 289 g/mol. The zero-order valence-corrected chi connectivity index (χ0v) is 11.3. The maximum absolute atomic E-state index is 13.0. The fourth-order valence-corrected chi connectivity index (χ4v) is 2.95. The Balaban J connectivity index is 2.60. The molecule has 0 aliphatic heterocycles. The smallest absolute Gasteiger partial charge is 0.420 e. The molecule has 1 aromatic carbocycles. The van der Waals surface area contributed by atoms with Gasteiger partial charge in [-0.25, -0.2) is 0 Å². The minimum atomic E-state index is -4.62. The lowest BCUT2D eigenvalue weighted by Crippen LogP contribution is -2.32. The van der Waals surface area contributed by atoms with Crippen molar-refractivity contribution < 1.29 is 23.0 Å². The molecule has 2 rings (SSSR count). The molecule has 0 bridgehead atoms. The zero-order chi connectivity index (χ0) is 15.0. The van der Waals surface area contributed by atoms with Crippen LogP contribution in [-0.2, 0) is 11.6 Å². The van der Waals surface area contributed by atoms with Gasteiger partial charge in [0.25, 0.3) is 0 Å². The van der Waals surface area contributed by atoms with Crippen molar-refractivity contribution in [2.24, 2.45) is 5.73 Å². The molecule has 112 valence electrons. The minimum Gasteiger partial charge on any atom is -0.504 e. The van der Waals surface area contributed by atoms with E-state index in [9.17, 15) is 18.3 Å². The van der Waals surface area contributed by atoms with Crippen molar-refractivity contribution in [3.63, 3.8) is 0 Å². The Morgan fingerprint density at radius 1 is 1.30 bits per heavy atom. The number of hydrogen-bond donors (Lipinski definition) is 2. The van der Waals surface area contributed by atoms with E-state index < -0.39 is 22.9 Å². The third-order valence-corrected chi connectivity index (χ3v) is 4.16. The van der Waals surface area contributed by atoms with E-state index in [1.807, 2.05) is 0 Å². The summed E-state index contributed by atoms with van der Waals surface area (Å²) in [6.07, 6.45) is -1.21. The highest BCUT2D eigenvalue weighted by Crippen LogP contribution is 2.47. The number of ether oxygens (including phenoxy) is 1. The molecule has 0 amide bonds. The van der Waals surface area contributed by atoms with Gasteiger partial charge in [-0.3, -0.25) is 0 Å². The number of phenolic OH excluding ortho intramolecular Hbond substituents is 1. The first-order chi connectivity index (χ1) is 9.34. The van der Waals surface area contributed by atoms with Gasteiger partial charge in [0.2, 0.25) is 0 Å². The van der Waals surface area contributed by atoms with Crippen LogP contribution in [-0.4, -0.2) is 18.8 Å². The molecule has 0 saturated heterocycles. The van der Waals surface area contributed by atoms with Crippen LogP contribution < -0.4 is 10.5 Å². The summed E-state index contributed by atoms with van der Waals surface area (Å²) in [5, 5.41) is 9.67. The molecule has 20 heavy (non-hydrogen) atoms. The molecular formula is C14H18F3NO2. The Bertz CT molecular complexity index is 494. The molecule has 3 nitrogen and oxygen atoms in total. The molecule has 6 heteroatoms. The van der Waals surface area contributed by atoms with Crippen LogP contribution in [0.5, 0.6) is 11.5 Å². The number of hydrogen-bond acceptors (Lipinski definition) is 3. The van der Waals surface area contributed by atoms with Gasteiger partial charge in [-0.05, 0) is 30.5 Å². The van der Waals surface area contributed by atoms with Crippen molar-refractivity contribution in [2.45, 2.75) is 37.3 Å². The maximum atomic E-state index is 13.0. The average Bonchev–Trinajstić information content (AvgIpc) is 2.87. The predicted octanol–water partition coefficient (Wildman–Crippen LogP) is 3.19. The number of benzene rings is 1. The molecular weight excluding hydrogens is 271 g/mol. The van der Waals surface area contributed by atoms with E-state index in [4.69, 9.17) is 10.5 Å². The van der Waals surface area contributed by atoms with Crippen molar-refractivity contribution in [3.05, 3.63) is 23.3 Å². The molecule has 0 unspecified atom stereocenters. The summed E-state index contributed by atoms with van der Waals surface area (Å²) >= 11 is 0. The van der Waals surface area contributed by atoms with Gasteiger partial charge in [-0.1, -0.05) is 12.8 Å². The average molecular weight is 289 g/mol. The number of aromatic hydroxyl groups is 1. The van der Waals surface area contributed by atoms with Gasteiger partial charge in [0.15, 0.2) is 11.5 Å². The van der Waals surface area contributed by atoms with Crippen LogP contribution in [0.25, 0.3) is 0 Å². The fourth-order valence-electron chi connectivity index (χ4n) is 2.95. The molecule has 0 spiro atoms. The van der Waals surface area contributed by atoms with Crippen LogP contribution in [0.4, 0.5) is 13.2 Å². The zero-order valence-electron chi connectivity index (χ0n) is 11.3. The lowest BCUT2D eigenvalue weighted by molar-refractivity contribution is -0.139. The number of alkyl halides is 3. The molecule has 1 aliphatic rings. The lowest BCUT2D eigenvalue weighted by Gasteiger charge is -2.29. The highest BCUT2D eigenvalue weighted by Gasteiger charge is 2.40. The van der Waals surface area contributed by atoms with Gasteiger partial charge in [-0.2, -0.15) is 13.2 Å². The molecule has 1 aromatic rings. The van der Waals surface area contributed by atoms with Crippen molar-refractivity contribution >= 4 is 0 Å². The first-order valence-corrected chi connectivity index (χ1v) is 6.53. The van der Waals surface area contributed by atoms with Crippen LogP contribution >= 0.6 is 0 Å². The highest BCUT2D eigenvalue weighted by atomic mass is 19.4. The lowest BCUT2D eigenvalue weighted by atomic mass is 9.78. The number of methoxy groups -OCH3 is 1. The highest BCUT2D eigenvalue weighted by molar-refractivity contribution is 5.52. The van der Waals surface area contributed by atoms with Gasteiger partial charge >= 0.3 is 6.18 Å². The van der Waals surface area contributed by atoms with E-state index >= 15 is 0 Å². The normalized spacial score (nSPS) is 18.2. The second-order valence-corrected chi connectivity index (χ2v) is 5.26. The van der Waals surface area contributed by atoms with Gasteiger partial charge in [0.1, 0.15) is 5.56 Å². The summed E-state index contributed by atoms with van der Waals surface area (Å²) in [4.78, 5) is 0. The topological polar surface area (TPSA) is 55.5 Å². The second kappa shape index (κ2) is 5.16. The van der Waals surface area contributed by atoms with Gasteiger partial charge in [-0.15, -0.1) is 0 Å². The van der Waals surface area contributed by atoms with Crippen LogP contribution in [0.15, 0.2) is 12.1 Å². The van der Waals surface area contributed by atoms with Crippen molar-refractivity contribution in [3.8, 4) is 11.5 Å². The number of rotatable bonds is 3. The van der Waals surface area contributed by atoms with Crippen LogP contribution in [0, 0.1) is 0 Å². The van der Waals surface area contributed by atoms with E-state index in [1.165, 1.54) is 13.2 Å². The Morgan fingerprint density at radius 3 is 2.35 bits per heavy atom. The van der Waals surface area contributed by atoms with Crippen LogP contribution in [0.1, 0.15) is 36.8 Å². The number of halogens is 3. The third kappa shape index (κ3) is 2.44. The summed E-state index contributed by atoms with van der Waals surface area (Å²) in [6.45, 7) is 0.290. The molecule has 0 heterocycles. The summed E-state index contributed by atoms with van der Waals surface area (Å²) in [5.74, 6) is -1.02. The van der Waals surface area contributed by atoms with Crippen molar-refractivity contribution in [1.29, 1.82) is 0 Å². The van der Waals surface area contributed by atoms with E-state index in [2.05, 4.69) is 0 Å². The third-order valence-electron chi connectivity index (χ3n) is 4.16. The Labute approximate surface area is 115 Å². The Morgan fingerprint density at radius 2 is 1.90 bits per heavy atom. The summed E-state index contributed by atoms with van der Waals surface area (Å²) < 4.78 is 43.9. The second-order valence-electron chi connectivity index (χ2n) is 5.26.